The van der Waals surface area contributed by atoms with Crippen molar-refractivity contribution >= 4 is 43.6 Å². The molecule has 0 fully saturated rings. The van der Waals surface area contributed by atoms with Crippen LogP contribution >= 0.6 is 27.3 Å². The van der Waals surface area contributed by atoms with Gasteiger partial charge in [-0.1, -0.05) is 6.92 Å². The van der Waals surface area contributed by atoms with Gasteiger partial charge >= 0.3 is 0 Å². The van der Waals surface area contributed by atoms with E-state index in [2.05, 4.69) is 28.9 Å². The average molecular weight is 269 g/mol. The van der Waals surface area contributed by atoms with Crippen molar-refractivity contribution in [1.29, 1.82) is 0 Å². The van der Waals surface area contributed by atoms with E-state index in [9.17, 15) is 4.79 Å². The summed E-state index contributed by atoms with van der Waals surface area (Å²) in [5, 5.41) is 1.20. The quantitative estimate of drug-likeness (QED) is 0.752. The van der Waals surface area contributed by atoms with Crippen molar-refractivity contribution in [1.82, 2.24) is 0 Å². The van der Waals surface area contributed by atoms with Crippen molar-refractivity contribution in [3.63, 3.8) is 0 Å². The number of carbonyl (C=O) groups excluding carboxylic acids is 1. The molecule has 1 aromatic heterocycles. The molecule has 1 nitrogen and oxygen atoms in total. The van der Waals surface area contributed by atoms with Crippen LogP contribution in [0.25, 0.3) is 10.1 Å². The Kier molecular flexibility index (Phi) is 2.70. The number of aryl methyl sites for hydroxylation is 1. The molecule has 1 aromatic carbocycles. The Morgan fingerprint density at radius 3 is 2.93 bits per heavy atom. The monoisotopic (exact) mass is 268 g/mol. The number of aldehydes is 1. The van der Waals surface area contributed by atoms with E-state index in [4.69, 9.17) is 0 Å². The Bertz CT molecular complexity index is 487. The number of halogens is 1. The minimum atomic E-state index is 0.810. The summed E-state index contributed by atoms with van der Waals surface area (Å²) in [6.07, 6.45) is 1.83. The molecule has 0 atom stereocenters. The van der Waals surface area contributed by atoms with Gasteiger partial charge in [0.05, 0.1) is 3.79 Å². The van der Waals surface area contributed by atoms with Crippen LogP contribution in [0, 0.1) is 0 Å². The van der Waals surface area contributed by atoms with Crippen molar-refractivity contribution in [3.05, 3.63) is 33.1 Å². The molecule has 0 aliphatic rings. The molecule has 3 heteroatoms. The maximum atomic E-state index is 10.8. The van der Waals surface area contributed by atoms with Crippen molar-refractivity contribution in [2.24, 2.45) is 0 Å². The minimum absolute atomic E-state index is 0.810. The summed E-state index contributed by atoms with van der Waals surface area (Å²) in [5.74, 6) is 0. The fourth-order valence-corrected chi connectivity index (χ4v) is 3.23. The fraction of sp³-hybridized carbons (Fsp3) is 0.182. The second kappa shape index (κ2) is 3.83. The third-order valence-electron chi connectivity index (χ3n) is 2.30. The number of hydrogen-bond donors (Lipinski definition) is 0. The first-order chi connectivity index (χ1) is 6.76. The molecule has 0 unspecified atom stereocenters. The van der Waals surface area contributed by atoms with Crippen molar-refractivity contribution in [3.8, 4) is 0 Å². The Labute approximate surface area is 94.9 Å². The van der Waals surface area contributed by atoms with Gasteiger partial charge in [-0.15, -0.1) is 11.3 Å². The fourth-order valence-electron chi connectivity index (χ4n) is 1.66. The van der Waals surface area contributed by atoms with Gasteiger partial charge < -0.3 is 0 Å². The second-order valence-electron chi connectivity index (χ2n) is 3.07. The van der Waals surface area contributed by atoms with Crippen LogP contribution in [0.4, 0.5) is 0 Å². The Morgan fingerprint density at radius 1 is 1.50 bits per heavy atom. The van der Waals surface area contributed by atoms with Crippen molar-refractivity contribution in [2.45, 2.75) is 13.3 Å². The molecule has 0 saturated heterocycles. The van der Waals surface area contributed by atoms with Gasteiger partial charge in [0.2, 0.25) is 0 Å². The van der Waals surface area contributed by atoms with Crippen LogP contribution in [0.2, 0.25) is 0 Å². The Hall–Kier alpha value is -0.670. The molecule has 2 rings (SSSR count). The molecule has 0 bridgehead atoms. The highest BCUT2D eigenvalue weighted by molar-refractivity contribution is 9.11. The number of fused-ring (bicyclic) bond motifs is 1. The predicted octanol–water partition coefficient (Wildman–Crippen LogP) is 4.04. The van der Waals surface area contributed by atoms with Gasteiger partial charge in [0.25, 0.3) is 0 Å². The third-order valence-corrected chi connectivity index (χ3v) is 3.90. The number of hydrogen-bond acceptors (Lipinski definition) is 2. The molecule has 0 saturated carbocycles. The molecular formula is C11H9BrOS. The van der Waals surface area contributed by atoms with Gasteiger partial charge in [0.15, 0.2) is 0 Å². The van der Waals surface area contributed by atoms with Crippen LogP contribution in [-0.2, 0) is 6.42 Å². The zero-order chi connectivity index (χ0) is 10.1. The summed E-state index contributed by atoms with van der Waals surface area (Å²) in [7, 11) is 0. The van der Waals surface area contributed by atoms with Gasteiger partial charge in [-0.25, -0.2) is 0 Å². The number of carbonyl (C=O) groups is 1. The summed E-state index contributed by atoms with van der Waals surface area (Å²) in [6, 6.07) is 6.00. The van der Waals surface area contributed by atoms with Gasteiger partial charge in [-0.05, 0) is 51.5 Å². The summed E-state index contributed by atoms with van der Waals surface area (Å²) >= 11 is 5.17. The van der Waals surface area contributed by atoms with Crippen molar-refractivity contribution in [2.75, 3.05) is 0 Å². The van der Waals surface area contributed by atoms with E-state index in [1.807, 2.05) is 12.1 Å². The summed E-state index contributed by atoms with van der Waals surface area (Å²) < 4.78 is 2.35. The lowest BCUT2D eigenvalue weighted by Crippen LogP contribution is -1.90. The van der Waals surface area contributed by atoms with Crippen LogP contribution in [0.1, 0.15) is 22.8 Å². The lowest BCUT2D eigenvalue weighted by atomic mass is 10.0. The summed E-state index contributed by atoms with van der Waals surface area (Å²) in [6.45, 7) is 2.08. The highest BCUT2D eigenvalue weighted by Crippen LogP contribution is 2.33. The van der Waals surface area contributed by atoms with Crippen LogP contribution in [-0.4, -0.2) is 6.29 Å². The molecule has 0 radical (unpaired) electrons. The molecule has 14 heavy (non-hydrogen) atoms. The van der Waals surface area contributed by atoms with Gasteiger partial charge in [-0.3, -0.25) is 4.79 Å². The number of rotatable bonds is 2. The van der Waals surface area contributed by atoms with E-state index in [1.165, 1.54) is 10.1 Å². The first kappa shape index (κ1) is 9.87. The molecule has 0 aliphatic heterocycles. The molecule has 0 amide bonds. The number of thiophene rings is 1. The van der Waals surface area contributed by atoms with Crippen LogP contribution < -0.4 is 0 Å². The molecule has 0 N–H and O–H groups in total. The van der Waals surface area contributed by atoms with E-state index in [0.29, 0.717) is 0 Å². The zero-order valence-electron chi connectivity index (χ0n) is 7.71. The van der Waals surface area contributed by atoms with Crippen LogP contribution in [0.5, 0.6) is 0 Å². The number of benzene rings is 1. The summed E-state index contributed by atoms with van der Waals surface area (Å²) in [5.41, 5.74) is 1.96. The molecule has 2 aromatic rings. The van der Waals surface area contributed by atoms with E-state index in [0.717, 1.165) is 27.6 Å². The average Bonchev–Trinajstić information content (AvgIpc) is 2.56. The SMILES string of the molecule is CCc1c(C=O)ccc2sc(Br)cc12. The van der Waals surface area contributed by atoms with Crippen LogP contribution in [0.15, 0.2) is 22.0 Å². The van der Waals surface area contributed by atoms with Gasteiger partial charge in [0.1, 0.15) is 6.29 Å². The maximum Gasteiger partial charge on any atom is 0.150 e. The van der Waals surface area contributed by atoms with Crippen LogP contribution in [0.3, 0.4) is 0 Å². The molecule has 0 aliphatic carbocycles. The first-order valence-corrected chi connectivity index (χ1v) is 6.03. The maximum absolute atomic E-state index is 10.8. The highest BCUT2D eigenvalue weighted by Gasteiger charge is 2.07. The second-order valence-corrected chi connectivity index (χ2v) is 5.53. The van der Waals surface area contributed by atoms with Gasteiger partial charge in [0, 0.05) is 10.3 Å². The molecule has 1 heterocycles. The van der Waals surface area contributed by atoms with Gasteiger partial charge in [-0.2, -0.15) is 0 Å². The normalized spacial score (nSPS) is 10.7. The van der Waals surface area contributed by atoms with E-state index in [-0.39, 0.29) is 0 Å². The van der Waals surface area contributed by atoms with E-state index >= 15 is 0 Å². The largest absolute Gasteiger partial charge is 0.298 e. The smallest absolute Gasteiger partial charge is 0.150 e. The Morgan fingerprint density at radius 2 is 2.29 bits per heavy atom. The molecular weight excluding hydrogens is 260 g/mol. The lowest BCUT2D eigenvalue weighted by Gasteiger charge is -2.02. The predicted molar refractivity (Wildman–Crippen MR) is 64.3 cm³/mol. The van der Waals surface area contributed by atoms with E-state index in [1.54, 1.807) is 11.3 Å². The zero-order valence-corrected chi connectivity index (χ0v) is 10.1. The topological polar surface area (TPSA) is 17.1 Å². The molecule has 0 spiro atoms. The van der Waals surface area contributed by atoms with E-state index < -0.39 is 0 Å². The molecule has 72 valence electrons. The first-order valence-electron chi connectivity index (χ1n) is 4.42. The third kappa shape index (κ3) is 1.51. The Balaban J connectivity index is 2.82. The standard InChI is InChI=1S/C11H9BrOS/c1-2-8-7(6-13)3-4-10-9(8)5-11(12)14-10/h3-6H,2H2,1H3. The van der Waals surface area contributed by atoms with Crippen molar-refractivity contribution < 1.29 is 4.79 Å². The summed E-state index contributed by atoms with van der Waals surface area (Å²) in [4.78, 5) is 10.8. The lowest BCUT2D eigenvalue weighted by molar-refractivity contribution is 0.112. The minimum Gasteiger partial charge on any atom is -0.298 e. The highest BCUT2D eigenvalue weighted by atomic mass is 79.9.